The number of urea groups is 1. The SMILES string of the molecule is C[n+]1ccsc1-c1ccccc1.NC(N)=O. The molecule has 84 valence electrons. The third kappa shape index (κ3) is 3.70. The minimum Gasteiger partial charge on any atom is -0.352 e. The Balaban J connectivity index is 0.000000280. The van der Waals surface area contributed by atoms with Crippen molar-refractivity contribution in [1.82, 2.24) is 0 Å². The lowest BCUT2D eigenvalue weighted by Gasteiger charge is -1.91. The van der Waals surface area contributed by atoms with Crippen LogP contribution in [0.3, 0.4) is 0 Å². The van der Waals surface area contributed by atoms with Gasteiger partial charge in [-0.15, -0.1) is 0 Å². The van der Waals surface area contributed by atoms with Gasteiger partial charge in [0, 0.05) is 0 Å². The fraction of sp³-hybridized carbons (Fsp3) is 0.0909. The van der Waals surface area contributed by atoms with Gasteiger partial charge in [0.05, 0.1) is 10.9 Å². The van der Waals surface area contributed by atoms with E-state index in [1.165, 1.54) is 10.6 Å². The van der Waals surface area contributed by atoms with Crippen LogP contribution < -0.4 is 16.0 Å². The molecule has 1 aromatic heterocycles. The zero-order valence-electron chi connectivity index (χ0n) is 8.96. The van der Waals surface area contributed by atoms with Gasteiger partial charge in [0.1, 0.15) is 7.05 Å². The molecular formula is C11H14N3OS+. The number of hydrogen-bond acceptors (Lipinski definition) is 2. The van der Waals surface area contributed by atoms with Gasteiger partial charge in [0.15, 0.2) is 6.20 Å². The fourth-order valence-electron chi connectivity index (χ4n) is 1.19. The number of aryl methyl sites for hydroxylation is 1. The molecule has 2 amide bonds. The summed E-state index contributed by atoms with van der Waals surface area (Å²) < 4.78 is 2.14. The quantitative estimate of drug-likeness (QED) is 0.719. The molecule has 0 aliphatic carbocycles. The summed E-state index contributed by atoms with van der Waals surface area (Å²) in [6.45, 7) is 0. The van der Waals surface area contributed by atoms with Gasteiger partial charge in [0.2, 0.25) is 0 Å². The van der Waals surface area contributed by atoms with E-state index in [9.17, 15) is 0 Å². The molecule has 2 rings (SSSR count). The number of benzene rings is 1. The normalized spacial score (nSPS) is 9.06. The van der Waals surface area contributed by atoms with Crippen molar-refractivity contribution in [3.8, 4) is 10.6 Å². The van der Waals surface area contributed by atoms with Gasteiger partial charge >= 0.3 is 6.03 Å². The van der Waals surface area contributed by atoms with Gasteiger partial charge in [-0.1, -0.05) is 29.5 Å². The second-order valence-electron chi connectivity index (χ2n) is 3.09. The van der Waals surface area contributed by atoms with Crippen molar-refractivity contribution in [2.24, 2.45) is 18.5 Å². The van der Waals surface area contributed by atoms with Crippen molar-refractivity contribution in [2.75, 3.05) is 0 Å². The first-order chi connectivity index (χ1) is 7.61. The van der Waals surface area contributed by atoms with E-state index in [-0.39, 0.29) is 0 Å². The Bertz CT molecular complexity index is 449. The number of nitrogens with zero attached hydrogens (tertiary/aromatic N) is 1. The number of carbonyl (C=O) groups is 1. The fourth-order valence-corrected chi connectivity index (χ4v) is 2.06. The number of amides is 2. The molecule has 4 N–H and O–H groups in total. The average molecular weight is 236 g/mol. The Kier molecular flexibility index (Phi) is 4.47. The van der Waals surface area contributed by atoms with Crippen LogP contribution in [0.25, 0.3) is 10.6 Å². The van der Waals surface area contributed by atoms with E-state index in [1.807, 2.05) is 6.07 Å². The van der Waals surface area contributed by atoms with E-state index < -0.39 is 6.03 Å². The highest BCUT2D eigenvalue weighted by molar-refractivity contribution is 7.12. The lowest BCUT2D eigenvalue weighted by Crippen LogP contribution is -2.26. The molecule has 1 heterocycles. The largest absolute Gasteiger partial charge is 0.352 e. The first kappa shape index (κ1) is 12.2. The molecular weight excluding hydrogens is 222 g/mol. The van der Waals surface area contributed by atoms with Crippen LogP contribution in [0.5, 0.6) is 0 Å². The van der Waals surface area contributed by atoms with Crippen molar-refractivity contribution in [2.45, 2.75) is 0 Å². The van der Waals surface area contributed by atoms with Crippen molar-refractivity contribution < 1.29 is 9.36 Å². The van der Waals surface area contributed by atoms with Crippen LogP contribution in [0.2, 0.25) is 0 Å². The third-order valence-corrected chi connectivity index (χ3v) is 2.81. The highest BCUT2D eigenvalue weighted by Crippen LogP contribution is 2.18. The van der Waals surface area contributed by atoms with E-state index in [2.05, 4.69) is 58.9 Å². The smallest absolute Gasteiger partial charge is 0.309 e. The molecule has 0 spiro atoms. The zero-order valence-corrected chi connectivity index (χ0v) is 9.78. The summed E-state index contributed by atoms with van der Waals surface area (Å²) in [5.74, 6) is 0. The van der Waals surface area contributed by atoms with E-state index in [0.717, 1.165) is 0 Å². The van der Waals surface area contributed by atoms with E-state index in [0.29, 0.717) is 0 Å². The molecule has 0 aliphatic heterocycles. The maximum atomic E-state index is 9.00. The van der Waals surface area contributed by atoms with E-state index >= 15 is 0 Å². The molecule has 0 aliphatic rings. The predicted molar refractivity (Wildman–Crippen MR) is 64.7 cm³/mol. The summed E-state index contributed by atoms with van der Waals surface area (Å²) in [7, 11) is 2.07. The van der Waals surface area contributed by atoms with Crippen molar-refractivity contribution >= 4 is 17.4 Å². The molecule has 16 heavy (non-hydrogen) atoms. The maximum absolute atomic E-state index is 9.00. The number of aromatic nitrogens is 1. The molecule has 5 heteroatoms. The third-order valence-electron chi connectivity index (χ3n) is 1.81. The Morgan fingerprint density at radius 2 is 1.81 bits per heavy atom. The standard InChI is InChI=1S/C10H10NS.CH4N2O/c1-11-7-8-12-10(11)9-5-3-2-4-6-9;2-1(3)4/h2-8H,1H3;(H4,2,3,4)/q+1;. The summed E-state index contributed by atoms with van der Waals surface area (Å²) in [5.41, 5.74) is 9.79. The first-order valence-electron chi connectivity index (χ1n) is 4.64. The summed E-state index contributed by atoms with van der Waals surface area (Å²) in [4.78, 5) is 9.00. The van der Waals surface area contributed by atoms with Crippen LogP contribution >= 0.6 is 11.3 Å². The van der Waals surface area contributed by atoms with Gasteiger partial charge in [-0.05, 0) is 12.1 Å². The molecule has 4 nitrogen and oxygen atoms in total. The number of carbonyl (C=O) groups excluding carboxylic acids is 1. The van der Waals surface area contributed by atoms with Crippen LogP contribution in [-0.4, -0.2) is 6.03 Å². The van der Waals surface area contributed by atoms with Gasteiger partial charge in [-0.25, -0.2) is 4.79 Å². The molecule has 0 saturated heterocycles. The predicted octanol–water partition coefficient (Wildman–Crippen LogP) is 1.26. The van der Waals surface area contributed by atoms with Crippen molar-refractivity contribution in [1.29, 1.82) is 0 Å². The Morgan fingerprint density at radius 3 is 2.25 bits per heavy atom. The van der Waals surface area contributed by atoms with Gasteiger partial charge in [-0.3, -0.25) is 0 Å². The minimum absolute atomic E-state index is 0.833. The van der Waals surface area contributed by atoms with Crippen molar-refractivity contribution in [3.05, 3.63) is 41.9 Å². The van der Waals surface area contributed by atoms with Crippen LogP contribution in [-0.2, 0) is 7.05 Å². The molecule has 1 aromatic carbocycles. The second-order valence-corrected chi connectivity index (χ2v) is 3.98. The Hall–Kier alpha value is -1.88. The summed E-state index contributed by atoms with van der Waals surface area (Å²) in [6.07, 6.45) is 2.08. The summed E-state index contributed by atoms with van der Waals surface area (Å²) in [6, 6.07) is 9.60. The molecule has 0 saturated carbocycles. The highest BCUT2D eigenvalue weighted by Gasteiger charge is 2.08. The number of rotatable bonds is 1. The molecule has 0 fully saturated rings. The number of nitrogens with two attached hydrogens (primary N) is 2. The Labute approximate surface area is 98.1 Å². The molecule has 0 bridgehead atoms. The van der Waals surface area contributed by atoms with E-state index in [1.54, 1.807) is 11.3 Å². The summed E-state index contributed by atoms with van der Waals surface area (Å²) >= 11 is 1.77. The van der Waals surface area contributed by atoms with Crippen LogP contribution in [0.4, 0.5) is 4.79 Å². The zero-order chi connectivity index (χ0) is 12.0. The monoisotopic (exact) mass is 236 g/mol. The van der Waals surface area contributed by atoms with Gasteiger partial charge in [-0.2, -0.15) is 4.57 Å². The summed E-state index contributed by atoms with van der Waals surface area (Å²) in [5, 5.41) is 3.40. The van der Waals surface area contributed by atoms with Crippen LogP contribution in [0, 0.1) is 0 Å². The lowest BCUT2D eigenvalue weighted by molar-refractivity contribution is -0.655. The molecule has 0 unspecified atom stereocenters. The topological polar surface area (TPSA) is 73.0 Å². The maximum Gasteiger partial charge on any atom is 0.309 e. The van der Waals surface area contributed by atoms with Crippen LogP contribution in [0.1, 0.15) is 0 Å². The number of primary amides is 2. The average Bonchev–Trinajstić information content (AvgIpc) is 2.65. The van der Waals surface area contributed by atoms with Crippen molar-refractivity contribution in [3.63, 3.8) is 0 Å². The van der Waals surface area contributed by atoms with E-state index in [4.69, 9.17) is 4.79 Å². The molecule has 0 atom stereocenters. The first-order valence-corrected chi connectivity index (χ1v) is 5.52. The molecule has 2 aromatic rings. The Morgan fingerprint density at radius 1 is 1.25 bits per heavy atom. The second kappa shape index (κ2) is 5.87. The number of hydrogen-bond donors (Lipinski definition) is 2. The van der Waals surface area contributed by atoms with Gasteiger partial charge < -0.3 is 11.5 Å². The highest BCUT2D eigenvalue weighted by atomic mass is 32.1. The minimum atomic E-state index is -0.833. The van der Waals surface area contributed by atoms with Gasteiger partial charge in [0.25, 0.3) is 5.01 Å². The number of thiazole rings is 1. The lowest BCUT2D eigenvalue weighted by atomic mass is 10.2. The van der Waals surface area contributed by atoms with Crippen LogP contribution in [0.15, 0.2) is 41.9 Å². The molecule has 0 radical (unpaired) electrons.